The monoisotopic (exact) mass is 227 g/mol. The van der Waals surface area contributed by atoms with Gasteiger partial charge in [0.1, 0.15) is 0 Å². The number of Topliss-reactive ketones (excluding diaryl/α,β-unsaturated/α-hetero) is 1. The third kappa shape index (κ3) is 3.14. The molecule has 0 saturated carbocycles. The van der Waals surface area contributed by atoms with Gasteiger partial charge in [-0.1, -0.05) is 12.1 Å². The first kappa shape index (κ1) is 11.9. The first-order valence-electron chi connectivity index (χ1n) is 4.48. The molecule has 0 aliphatic rings. The zero-order valence-electron chi connectivity index (χ0n) is 8.43. The fourth-order valence-corrected chi connectivity index (χ4v) is 1.84. The quantitative estimate of drug-likeness (QED) is 0.765. The van der Waals surface area contributed by atoms with Crippen LogP contribution in [0, 0.1) is 0 Å². The lowest BCUT2D eigenvalue weighted by atomic mass is 10.1. The molecule has 15 heavy (non-hydrogen) atoms. The van der Waals surface area contributed by atoms with Gasteiger partial charge in [0, 0.05) is 18.2 Å². The summed E-state index contributed by atoms with van der Waals surface area (Å²) in [5.41, 5.74) is 5.64. The van der Waals surface area contributed by atoms with E-state index in [2.05, 4.69) is 0 Å². The lowest BCUT2D eigenvalue weighted by molar-refractivity contribution is 0.0985. The summed E-state index contributed by atoms with van der Waals surface area (Å²) in [6.07, 6.45) is 1.34. The molecule has 0 radical (unpaired) electrons. The Morgan fingerprint density at radius 2 is 2.07 bits per heavy atom. The molecule has 1 aromatic rings. The summed E-state index contributed by atoms with van der Waals surface area (Å²) in [6.45, 7) is 0.266. The summed E-state index contributed by atoms with van der Waals surface area (Å²) in [5.74, 6) is -0.136. The largest absolute Gasteiger partial charge is 0.330 e. The molecule has 0 unspecified atom stereocenters. The van der Waals surface area contributed by atoms with Crippen LogP contribution >= 0.6 is 0 Å². The highest BCUT2D eigenvalue weighted by molar-refractivity contribution is 7.90. The van der Waals surface area contributed by atoms with Crippen molar-refractivity contribution in [2.75, 3.05) is 12.8 Å². The standard InChI is InChI=1S/C10H13NO3S/c1-15(13,14)9-4-2-3-8(7-9)10(12)5-6-11/h2-4,7H,5-6,11H2,1H3. The lowest BCUT2D eigenvalue weighted by Gasteiger charge is -2.02. The maximum absolute atomic E-state index is 11.4. The number of nitrogens with two attached hydrogens (primary N) is 1. The van der Waals surface area contributed by atoms with Crippen molar-refractivity contribution in [1.29, 1.82) is 0 Å². The van der Waals surface area contributed by atoms with E-state index in [1.165, 1.54) is 12.1 Å². The molecule has 0 heterocycles. The molecule has 0 spiro atoms. The van der Waals surface area contributed by atoms with E-state index in [-0.39, 0.29) is 23.6 Å². The number of hydrogen-bond donors (Lipinski definition) is 1. The summed E-state index contributed by atoms with van der Waals surface area (Å²) in [6, 6.07) is 5.99. The van der Waals surface area contributed by atoms with Crippen molar-refractivity contribution in [3.05, 3.63) is 29.8 Å². The van der Waals surface area contributed by atoms with Crippen LogP contribution in [0.3, 0.4) is 0 Å². The van der Waals surface area contributed by atoms with Crippen molar-refractivity contribution in [2.24, 2.45) is 5.73 Å². The van der Waals surface area contributed by atoms with Gasteiger partial charge in [0.15, 0.2) is 15.6 Å². The van der Waals surface area contributed by atoms with Crippen LogP contribution in [0.25, 0.3) is 0 Å². The van der Waals surface area contributed by atoms with Crippen LogP contribution in [0.15, 0.2) is 29.2 Å². The van der Waals surface area contributed by atoms with E-state index in [0.29, 0.717) is 5.56 Å². The Morgan fingerprint density at radius 3 is 2.60 bits per heavy atom. The van der Waals surface area contributed by atoms with Crippen molar-refractivity contribution in [3.8, 4) is 0 Å². The molecule has 0 fully saturated rings. The smallest absolute Gasteiger partial charge is 0.175 e. The molecule has 0 aliphatic carbocycles. The zero-order chi connectivity index (χ0) is 11.5. The number of carbonyl (C=O) groups excluding carboxylic acids is 1. The molecule has 0 atom stereocenters. The second-order valence-corrected chi connectivity index (χ2v) is 5.28. The molecule has 2 N–H and O–H groups in total. The van der Waals surface area contributed by atoms with Crippen LogP contribution in [0.5, 0.6) is 0 Å². The minimum absolute atomic E-state index is 0.136. The predicted octanol–water partition coefficient (Wildman–Crippen LogP) is 0.622. The number of carbonyl (C=O) groups is 1. The van der Waals surface area contributed by atoms with Crippen LogP contribution in [0.2, 0.25) is 0 Å². The maximum Gasteiger partial charge on any atom is 0.175 e. The lowest BCUT2D eigenvalue weighted by Crippen LogP contribution is -2.09. The maximum atomic E-state index is 11.4. The molecule has 5 heteroatoms. The van der Waals surface area contributed by atoms with E-state index in [1.807, 2.05) is 0 Å². The van der Waals surface area contributed by atoms with Gasteiger partial charge in [-0.25, -0.2) is 8.42 Å². The van der Waals surface area contributed by atoms with E-state index in [9.17, 15) is 13.2 Å². The van der Waals surface area contributed by atoms with Crippen molar-refractivity contribution < 1.29 is 13.2 Å². The van der Waals surface area contributed by atoms with Gasteiger partial charge in [-0.15, -0.1) is 0 Å². The van der Waals surface area contributed by atoms with Crippen LogP contribution in [-0.2, 0) is 9.84 Å². The molecule has 0 amide bonds. The van der Waals surface area contributed by atoms with Crippen LogP contribution in [0.4, 0.5) is 0 Å². The Balaban J connectivity index is 3.09. The van der Waals surface area contributed by atoms with Crippen LogP contribution < -0.4 is 5.73 Å². The van der Waals surface area contributed by atoms with E-state index in [1.54, 1.807) is 12.1 Å². The van der Waals surface area contributed by atoms with Gasteiger partial charge in [-0.3, -0.25) is 4.79 Å². The topological polar surface area (TPSA) is 77.2 Å². The summed E-state index contributed by atoms with van der Waals surface area (Å²) >= 11 is 0. The Labute approximate surface area is 89.0 Å². The molecule has 0 bridgehead atoms. The fourth-order valence-electron chi connectivity index (χ4n) is 1.18. The molecular weight excluding hydrogens is 214 g/mol. The predicted molar refractivity (Wildman–Crippen MR) is 57.6 cm³/mol. The Hall–Kier alpha value is -1.20. The number of hydrogen-bond acceptors (Lipinski definition) is 4. The number of sulfone groups is 1. The molecule has 4 nitrogen and oxygen atoms in total. The summed E-state index contributed by atoms with van der Waals surface area (Å²) in [7, 11) is -3.26. The minimum atomic E-state index is -3.26. The van der Waals surface area contributed by atoms with E-state index in [4.69, 9.17) is 5.73 Å². The minimum Gasteiger partial charge on any atom is -0.330 e. The van der Waals surface area contributed by atoms with Crippen molar-refractivity contribution >= 4 is 15.6 Å². The van der Waals surface area contributed by atoms with Gasteiger partial charge in [0.2, 0.25) is 0 Å². The molecule has 1 aromatic carbocycles. The second kappa shape index (κ2) is 4.55. The van der Waals surface area contributed by atoms with Crippen molar-refractivity contribution in [2.45, 2.75) is 11.3 Å². The van der Waals surface area contributed by atoms with Gasteiger partial charge in [0.25, 0.3) is 0 Å². The van der Waals surface area contributed by atoms with Gasteiger partial charge in [0.05, 0.1) is 4.90 Å². The number of benzene rings is 1. The average molecular weight is 227 g/mol. The van der Waals surface area contributed by atoms with Gasteiger partial charge >= 0.3 is 0 Å². The van der Waals surface area contributed by atoms with Crippen molar-refractivity contribution in [3.63, 3.8) is 0 Å². The molecule has 0 aliphatic heterocycles. The first-order chi connectivity index (χ1) is 6.95. The highest BCUT2D eigenvalue weighted by Crippen LogP contribution is 2.12. The fraction of sp³-hybridized carbons (Fsp3) is 0.300. The van der Waals surface area contributed by atoms with E-state index in [0.717, 1.165) is 6.26 Å². The molecule has 82 valence electrons. The van der Waals surface area contributed by atoms with Crippen molar-refractivity contribution in [1.82, 2.24) is 0 Å². The summed E-state index contributed by atoms with van der Waals surface area (Å²) < 4.78 is 22.5. The van der Waals surface area contributed by atoms with Crippen LogP contribution in [-0.4, -0.2) is 27.0 Å². The van der Waals surface area contributed by atoms with Gasteiger partial charge in [-0.05, 0) is 18.7 Å². The average Bonchev–Trinajstić information content (AvgIpc) is 2.17. The number of rotatable bonds is 4. The van der Waals surface area contributed by atoms with E-state index >= 15 is 0 Å². The molecule has 1 rings (SSSR count). The van der Waals surface area contributed by atoms with E-state index < -0.39 is 9.84 Å². The molecule has 0 saturated heterocycles. The van der Waals surface area contributed by atoms with Gasteiger partial charge < -0.3 is 5.73 Å². The van der Waals surface area contributed by atoms with Crippen LogP contribution in [0.1, 0.15) is 16.8 Å². The Morgan fingerprint density at radius 1 is 1.40 bits per heavy atom. The Bertz CT molecular complexity index is 465. The second-order valence-electron chi connectivity index (χ2n) is 3.26. The SMILES string of the molecule is CS(=O)(=O)c1cccc(C(=O)CCN)c1. The van der Waals surface area contributed by atoms with Gasteiger partial charge in [-0.2, -0.15) is 0 Å². The third-order valence-electron chi connectivity index (χ3n) is 1.96. The number of ketones is 1. The summed E-state index contributed by atoms with van der Waals surface area (Å²) in [5, 5.41) is 0. The summed E-state index contributed by atoms with van der Waals surface area (Å²) in [4.78, 5) is 11.6. The highest BCUT2D eigenvalue weighted by atomic mass is 32.2. The normalized spacial score (nSPS) is 11.3. The highest BCUT2D eigenvalue weighted by Gasteiger charge is 2.10. The molecule has 0 aromatic heterocycles. The zero-order valence-corrected chi connectivity index (χ0v) is 9.25. The third-order valence-corrected chi connectivity index (χ3v) is 3.07. The molecular formula is C10H13NO3S. The first-order valence-corrected chi connectivity index (χ1v) is 6.37. The Kier molecular flexibility index (Phi) is 3.60.